The normalized spacial score (nSPS) is 14.9. The Morgan fingerprint density at radius 1 is 1.00 bits per heavy atom. The van der Waals surface area contributed by atoms with Crippen LogP contribution < -0.4 is 5.32 Å². The number of fused-ring (bicyclic) bond motifs is 1. The molecule has 0 bridgehead atoms. The molecule has 1 unspecified atom stereocenters. The monoisotopic (exact) mass is 495 g/mol. The van der Waals surface area contributed by atoms with E-state index in [1.54, 1.807) is 23.2 Å². The molecule has 1 fully saturated rings. The van der Waals surface area contributed by atoms with Gasteiger partial charge in [0.05, 0.1) is 16.7 Å². The Labute approximate surface area is 215 Å². The molecule has 8 heteroatoms. The number of hydrogen-bond donors (Lipinski definition) is 1. The van der Waals surface area contributed by atoms with E-state index < -0.39 is 4.92 Å². The first-order valence-electron chi connectivity index (χ1n) is 12.4. The molecule has 3 aromatic carbocycles. The minimum atomic E-state index is -0.452. The maximum absolute atomic E-state index is 13.2. The first-order valence-corrected chi connectivity index (χ1v) is 12.4. The summed E-state index contributed by atoms with van der Waals surface area (Å²) in [5, 5.41) is 17.5. The molecule has 1 amide bonds. The molecule has 1 aromatic heterocycles. The van der Waals surface area contributed by atoms with Crippen molar-refractivity contribution in [1.29, 1.82) is 0 Å². The van der Waals surface area contributed by atoms with Gasteiger partial charge in [0, 0.05) is 50.6 Å². The van der Waals surface area contributed by atoms with Gasteiger partial charge in [0.1, 0.15) is 5.69 Å². The fraction of sp³-hybridized carbons (Fsp3) is 0.241. The van der Waals surface area contributed by atoms with Crippen molar-refractivity contribution in [1.82, 2.24) is 14.8 Å². The third kappa shape index (κ3) is 5.44. The Morgan fingerprint density at radius 2 is 1.76 bits per heavy atom. The number of nitrogens with zero attached hydrogens (tertiary/aromatic N) is 4. The van der Waals surface area contributed by atoms with E-state index in [0.29, 0.717) is 24.3 Å². The Bertz CT molecular complexity index is 1410. The Hall–Kier alpha value is -4.30. The summed E-state index contributed by atoms with van der Waals surface area (Å²) in [5.41, 5.74) is 2.61. The van der Waals surface area contributed by atoms with E-state index in [1.165, 1.54) is 22.4 Å². The third-order valence-electron chi connectivity index (χ3n) is 6.88. The fourth-order valence-corrected chi connectivity index (χ4v) is 4.84. The van der Waals surface area contributed by atoms with E-state index in [2.05, 4.69) is 51.6 Å². The molecule has 1 aliphatic heterocycles. The second-order valence-corrected chi connectivity index (χ2v) is 9.32. The molecule has 5 rings (SSSR count). The molecular formula is C29H29N5O3. The maximum atomic E-state index is 13.2. The fourth-order valence-electron chi connectivity index (χ4n) is 4.84. The quantitative estimate of drug-likeness (QED) is 0.277. The molecule has 4 aromatic rings. The largest absolute Gasteiger partial charge is 0.371 e. The van der Waals surface area contributed by atoms with E-state index in [4.69, 9.17) is 0 Å². The summed E-state index contributed by atoms with van der Waals surface area (Å²) in [6.07, 6.45) is 1.69. The lowest BCUT2D eigenvalue weighted by molar-refractivity contribution is -0.384. The van der Waals surface area contributed by atoms with Crippen molar-refractivity contribution in [2.24, 2.45) is 0 Å². The molecule has 1 saturated heterocycles. The van der Waals surface area contributed by atoms with Gasteiger partial charge in [0.15, 0.2) is 0 Å². The molecule has 1 N–H and O–H groups in total. The number of piperazine rings is 1. The SMILES string of the molecule is CC(Nc1ccc(C(=O)N2CCN(Cc3cccc4ccccc34)CC2)cc1[N+](=O)[O-])c1ccccn1. The smallest absolute Gasteiger partial charge is 0.293 e. The highest BCUT2D eigenvalue weighted by Crippen LogP contribution is 2.29. The van der Waals surface area contributed by atoms with Gasteiger partial charge >= 0.3 is 0 Å². The zero-order chi connectivity index (χ0) is 25.8. The van der Waals surface area contributed by atoms with Crippen molar-refractivity contribution in [3.8, 4) is 0 Å². The topological polar surface area (TPSA) is 91.6 Å². The van der Waals surface area contributed by atoms with Crippen LogP contribution >= 0.6 is 0 Å². The zero-order valence-electron chi connectivity index (χ0n) is 20.7. The number of rotatable bonds is 7. The average Bonchev–Trinajstić information content (AvgIpc) is 2.94. The Morgan fingerprint density at radius 3 is 2.51 bits per heavy atom. The van der Waals surface area contributed by atoms with Crippen LogP contribution in [-0.2, 0) is 6.54 Å². The van der Waals surface area contributed by atoms with Gasteiger partial charge in [0.2, 0.25) is 0 Å². The van der Waals surface area contributed by atoms with Crippen molar-refractivity contribution in [2.75, 3.05) is 31.5 Å². The minimum Gasteiger partial charge on any atom is -0.371 e. The van der Waals surface area contributed by atoms with Crippen LogP contribution in [0.2, 0.25) is 0 Å². The number of aromatic nitrogens is 1. The van der Waals surface area contributed by atoms with Crippen LogP contribution in [0.3, 0.4) is 0 Å². The Kier molecular flexibility index (Phi) is 7.09. The van der Waals surface area contributed by atoms with Crippen LogP contribution in [0, 0.1) is 10.1 Å². The van der Waals surface area contributed by atoms with Crippen molar-refractivity contribution < 1.29 is 9.72 Å². The summed E-state index contributed by atoms with van der Waals surface area (Å²) < 4.78 is 0. The average molecular weight is 496 g/mol. The van der Waals surface area contributed by atoms with Crippen molar-refractivity contribution in [3.05, 3.63) is 112 Å². The molecule has 188 valence electrons. The summed E-state index contributed by atoms with van der Waals surface area (Å²) >= 11 is 0. The highest BCUT2D eigenvalue weighted by molar-refractivity contribution is 5.96. The number of nitro groups is 1. The second-order valence-electron chi connectivity index (χ2n) is 9.32. The number of nitro benzene ring substituents is 1. The minimum absolute atomic E-state index is 0.122. The van der Waals surface area contributed by atoms with Gasteiger partial charge in [0.25, 0.3) is 11.6 Å². The van der Waals surface area contributed by atoms with Gasteiger partial charge in [-0.25, -0.2) is 0 Å². The molecule has 2 heterocycles. The zero-order valence-corrected chi connectivity index (χ0v) is 20.7. The van der Waals surface area contributed by atoms with Crippen LogP contribution in [0.25, 0.3) is 10.8 Å². The molecule has 1 aliphatic rings. The molecule has 0 saturated carbocycles. The molecule has 37 heavy (non-hydrogen) atoms. The van der Waals surface area contributed by atoms with Crippen LogP contribution in [-0.4, -0.2) is 51.8 Å². The van der Waals surface area contributed by atoms with Crippen LogP contribution in [0.1, 0.15) is 34.6 Å². The first-order chi connectivity index (χ1) is 18.0. The van der Waals surface area contributed by atoms with Gasteiger partial charge < -0.3 is 10.2 Å². The van der Waals surface area contributed by atoms with Gasteiger partial charge in [-0.05, 0) is 47.5 Å². The first kappa shape index (κ1) is 24.4. The molecule has 0 aliphatic carbocycles. The number of amides is 1. The lowest BCUT2D eigenvalue weighted by atomic mass is 10.0. The number of anilines is 1. The predicted octanol–water partition coefficient (Wildman–Crippen LogP) is 5.27. The molecule has 0 radical (unpaired) electrons. The van der Waals surface area contributed by atoms with Gasteiger partial charge in [-0.3, -0.25) is 24.8 Å². The van der Waals surface area contributed by atoms with E-state index in [1.807, 2.05) is 31.2 Å². The predicted molar refractivity (Wildman–Crippen MR) is 144 cm³/mol. The highest BCUT2D eigenvalue weighted by Gasteiger charge is 2.25. The van der Waals surface area contributed by atoms with Crippen molar-refractivity contribution >= 4 is 28.1 Å². The lowest BCUT2D eigenvalue weighted by Crippen LogP contribution is -2.48. The van der Waals surface area contributed by atoms with Gasteiger partial charge in [-0.1, -0.05) is 48.5 Å². The standard InChI is InChI=1S/C29H29N5O3/c1-21(26-11-4-5-14-30-26)31-27-13-12-23(19-28(27)34(36)37)29(35)33-17-15-32(16-18-33)20-24-9-6-8-22-7-2-3-10-25(22)24/h2-14,19,21,31H,15-18,20H2,1H3. The number of carbonyl (C=O) groups excluding carboxylic acids is 1. The summed E-state index contributed by atoms with van der Waals surface area (Å²) in [7, 11) is 0. The molecule has 1 atom stereocenters. The number of nitrogens with one attached hydrogen (secondary N) is 1. The summed E-state index contributed by atoms with van der Waals surface area (Å²) in [6.45, 7) is 5.37. The van der Waals surface area contributed by atoms with Crippen molar-refractivity contribution in [2.45, 2.75) is 19.5 Å². The number of carbonyl (C=O) groups is 1. The van der Waals surface area contributed by atoms with E-state index >= 15 is 0 Å². The van der Waals surface area contributed by atoms with E-state index in [9.17, 15) is 14.9 Å². The second kappa shape index (κ2) is 10.8. The number of pyridine rings is 1. The molecular weight excluding hydrogens is 466 g/mol. The van der Waals surface area contributed by atoms with Crippen LogP contribution in [0.4, 0.5) is 11.4 Å². The highest BCUT2D eigenvalue weighted by atomic mass is 16.6. The number of benzene rings is 3. The third-order valence-corrected chi connectivity index (χ3v) is 6.88. The van der Waals surface area contributed by atoms with E-state index in [-0.39, 0.29) is 17.6 Å². The van der Waals surface area contributed by atoms with Gasteiger partial charge in [-0.2, -0.15) is 0 Å². The Balaban J connectivity index is 1.24. The lowest BCUT2D eigenvalue weighted by Gasteiger charge is -2.35. The van der Waals surface area contributed by atoms with Gasteiger partial charge in [-0.15, -0.1) is 0 Å². The molecule has 0 spiro atoms. The van der Waals surface area contributed by atoms with E-state index in [0.717, 1.165) is 25.3 Å². The number of hydrogen-bond acceptors (Lipinski definition) is 6. The van der Waals surface area contributed by atoms with Crippen LogP contribution in [0.5, 0.6) is 0 Å². The van der Waals surface area contributed by atoms with Crippen LogP contribution in [0.15, 0.2) is 85.1 Å². The summed E-state index contributed by atoms with van der Waals surface area (Å²) in [4.78, 5) is 33.0. The van der Waals surface area contributed by atoms with Crippen molar-refractivity contribution in [3.63, 3.8) is 0 Å². The summed E-state index contributed by atoms with van der Waals surface area (Å²) in [6, 6.07) is 24.7. The molecule has 8 nitrogen and oxygen atoms in total. The summed E-state index contributed by atoms with van der Waals surface area (Å²) in [5.74, 6) is -0.183. The maximum Gasteiger partial charge on any atom is 0.293 e.